The smallest absolute Gasteiger partial charge is 0.178 e. The molecule has 1 aromatic carbocycles. The highest BCUT2D eigenvalue weighted by molar-refractivity contribution is 7.91. The minimum absolute atomic E-state index is 0.216. The Morgan fingerprint density at radius 1 is 1.21 bits per heavy atom. The summed E-state index contributed by atoms with van der Waals surface area (Å²) in [5.41, 5.74) is 1.00. The number of hydrogen-bond donors (Lipinski definition) is 2. The Bertz CT molecular complexity index is 491. The van der Waals surface area contributed by atoms with Gasteiger partial charge in [-0.15, -0.1) is 0 Å². The lowest BCUT2D eigenvalue weighted by molar-refractivity contribution is 0.479. The quantitative estimate of drug-likeness (QED) is 0.867. The van der Waals surface area contributed by atoms with Crippen molar-refractivity contribution in [2.45, 2.75) is 37.1 Å². The Morgan fingerprint density at radius 3 is 2.42 bits per heavy atom. The Labute approximate surface area is 115 Å². The highest BCUT2D eigenvalue weighted by Crippen LogP contribution is 2.18. The Morgan fingerprint density at radius 2 is 1.84 bits per heavy atom. The second-order valence-electron chi connectivity index (χ2n) is 5.01. The maximum Gasteiger partial charge on any atom is 0.178 e. The molecule has 2 rings (SSSR count). The van der Waals surface area contributed by atoms with Gasteiger partial charge in [-0.25, -0.2) is 8.42 Å². The summed E-state index contributed by atoms with van der Waals surface area (Å²) in [6.45, 7) is 3.96. The van der Waals surface area contributed by atoms with Crippen LogP contribution in [0.2, 0.25) is 0 Å². The first-order valence-corrected chi connectivity index (χ1v) is 8.57. The molecule has 0 unspecified atom stereocenters. The third-order valence-corrected chi connectivity index (χ3v) is 5.33. The summed E-state index contributed by atoms with van der Waals surface area (Å²) in [5.74, 6) is 0.216. The molecule has 19 heavy (non-hydrogen) atoms. The number of hydrogen-bond acceptors (Lipinski definition) is 4. The molecular weight excluding hydrogens is 260 g/mol. The normalized spacial score (nSPS) is 17.3. The van der Waals surface area contributed by atoms with Crippen LogP contribution in [0, 0.1) is 0 Å². The highest BCUT2D eigenvalue weighted by Gasteiger charge is 2.14. The Hall–Kier alpha value is -1.07. The molecule has 1 aromatic rings. The van der Waals surface area contributed by atoms with Gasteiger partial charge in [-0.3, -0.25) is 0 Å². The van der Waals surface area contributed by atoms with Gasteiger partial charge in [-0.05, 0) is 56.6 Å². The van der Waals surface area contributed by atoms with Crippen LogP contribution in [-0.2, 0) is 9.84 Å². The van der Waals surface area contributed by atoms with E-state index in [2.05, 4.69) is 10.6 Å². The molecule has 1 fully saturated rings. The van der Waals surface area contributed by atoms with Crippen LogP contribution in [0.25, 0.3) is 0 Å². The molecule has 0 radical (unpaired) electrons. The number of sulfone groups is 1. The van der Waals surface area contributed by atoms with Crippen LogP contribution >= 0.6 is 0 Å². The molecule has 5 heteroatoms. The molecule has 0 bridgehead atoms. The summed E-state index contributed by atoms with van der Waals surface area (Å²) in [4.78, 5) is 0.421. The van der Waals surface area contributed by atoms with Crippen molar-refractivity contribution in [2.24, 2.45) is 0 Å². The lowest BCUT2D eigenvalue weighted by Crippen LogP contribution is -2.35. The number of rotatable bonds is 5. The van der Waals surface area contributed by atoms with Crippen LogP contribution in [0.1, 0.15) is 26.2 Å². The van der Waals surface area contributed by atoms with Crippen molar-refractivity contribution in [2.75, 3.05) is 24.2 Å². The van der Waals surface area contributed by atoms with Crippen LogP contribution in [0.4, 0.5) is 5.69 Å². The van der Waals surface area contributed by atoms with E-state index in [1.165, 1.54) is 0 Å². The third-order valence-electron chi connectivity index (χ3n) is 3.40. The van der Waals surface area contributed by atoms with Crippen molar-refractivity contribution in [1.29, 1.82) is 0 Å². The first-order valence-electron chi connectivity index (χ1n) is 6.92. The molecule has 0 saturated carbocycles. The second kappa shape index (κ2) is 6.39. The van der Waals surface area contributed by atoms with Gasteiger partial charge in [0.15, 0.2) is 9.84 Å². The fourth-order valence-corrected chi connectivity index (χ4v) is 3.67. The van der Waals surface area contributed by atoms with E-state index in [-0.39, 0.29) is 5.75 Å². The average Bonchev–Trinajstić information content (AvgIpc) is 2.40. The topological polar surface area (TPSA) is 58.2 Å². The van der Waals surface area contributed by atoms with Gasteiger partial charge in [0.25, 0.3) is 0 Å². The average molecular weight is 282 g/mol. The molecule has 0 aromatic heterocycles. The summed E-state index contributed by atoms with van der Waals surface area (Å²) >= 11 is 0. The standard InChI is InChI=1S/C14H22N2O2S/c1-2-11-19(17,18)14-5-3-12(4-6-14)16-13-7-9-15-10-8-13/h3-6,13,15-16H,2,7-11H2,1H3. The lowest BCUT2D eigenvalue weighted by atomic mass is 10.1. The predicted octanol–water partition coefficient (Wildman–Crippen LogP) is 2.03. The van der Waals surface area contributed by atoms with Gasteiger partial charge < -0.3 is 10.6 Å². The van der Waals surface area contributed by atoms with E-state index in [0.717, 1.165) is 31.6 Å². The molecule has 0 amide bonds. The first-order chi connectivity index (χ1) is 9.12. The third kappa shape index (κ3) is 3.94. The van der Waals surface area contributed by atoms with Crippen LogP contribution in [-0.4, -0.2) is 33.3 Å². The maximum atomic E-state index is 11.9. The van der Waals surface area contributed by atoms with E-state index in [1.807, 2.05) is 19.1 Å². The van der Waals surface area contributed by atoms with E-state index < -0.39 is 9.84 Å². The van der Waals surface area contributed by atoms with Crippen molar-refractivity contribution in [3.63, 3.8) is 0 Å². The van der Waals surface area contributed by atoms with Gasteiger partial charge in [-0.1, -0.05) is 6.92 Å². The minimum Gasteiger partial charge on any atom is -0.382 e. The monoisotopic (exact) mass is 282 g/mol. The lowest BCUT2D eigenvalue weighted by Gasteiger charge is -2.24. The van der Waals surface area contributed by atoms with Gasteiger partial charge in [0.2, 0.25) is 0 Å². The fraction of sp³-hybridized carbons (Fsp3) is 0.571. The van der Waals surface area contributed by atoms with Gasteiger partial charge in [0.05, 0.1) is 10.6 Å². The van der Waals surface area contributed by atoms with Crippen molar-refractivity contribution in [1.82, 2.24) is 5.32 Å². The van der Waals surface area contributed by atoms with Gasteiger partial charge in [0, 0.05) is 11.7 Å². The zero-order valence-electron chi connectivity index (χ0n) is 11.4. The Kier molecular flexibility index (Phi) is 4.82. The molecule has 106 valence electrons. The molecule has 1 saturated heterocycles. The zero-order chi connectivity index (χ0) is 13.7. The van der Waals surface area contributed by atoms with Crippen LogP contribution in [0.3, 0.4) is 0 Å². The second-order valence-corrected chi connectivity index (χ2v) is 7.12. The van der Waals surface area contributed by atoms with E-state index >= 15 is 0 Å². The zero-order valence-corrected chi connectivity index (χ0v) is 12.2. The predicted molar refractivity (Wildman–Crippen MR) is 78.3 cm³/mol. The highest BCUT2D eigenvalue weighted by atomic mass is 32.2. The van der Waals surface area contributed by atoms with E-state index in [0.29, 0.717) is 17.4 Å². The molecule has 1 aliphatic heterocycles. The molecule has 1 aliphatic rings. The summed E-state index contributed by atoms with van der Waals surface area (Å²) in [6.07, 6.45) is 2.86. The summed E-state index contributed by atoms with van der Waals surface area (Å²) in [7, 11) is -3.10. The van der Waals surface area contributed by atoms with Crippen molar-refractivity contribution in [3.05, 3.63) is 24.3 Å². The minimum atomic E-state index is -3.10. The maximum absolute atomic E-state index is 11.9. The molecule has 1 heterocycles. The van der Waals surface area contributed by atoms with Crippen molar-refractivity contribution >= 4 is 15.5 Å². The molecule has 4 nitrogen and oxygen atoms in total. The van der Waals surface area contributed by atoms with Gasteiger partial charge in [-0.2, -0.15) is 0 Å². The van der Waals surface area contributed by atoms with Crippen LogP contribution in [0.15, 0.2) is 29.2 Å². The summed E-state index contributed by atoms with van der Waals surface area (Å²) in [6, 6.07) is 7.62. The van der Waals surface area contributed by atoms with Crippen molar-refractivity contribution in [3.8, 4) is 0 Å². The van der Waals surface area contributed by atoms with Gasteiger partial charge in [0.1, 0.15) is 0 Å². The van der Waals surface area contributed by atoms with Gasteiger partial charge >= 0.3 is 0 Å². The molecule has 2 N–H and O–H groups in total. The number of piperidine rings is 1. The fourth-order valence-electron chi connectivity index (χ4n) is 2.35. The summed E-state index contributed by atoms with van der Waals surface area (Å²) in [5, 5.41) is 6.78. The number of nitrogens with one attached hydrogen (secondary N) is 2. The first kappa shape index (κ1) is 14.3. The Balaban J connectivity index is 2.01. The molecule has 0 aliphatic carbocycles. The molecule has 0 atom stereocenters. The molecule has 0 spiro atoms. The SMILES string of the molecule is CCCS(=O)(=O)c1ccc(NC2CCNCC2)cc1. The van der Waals surface area contributed by atoms with Crippen LogP contribution in [0.5, 0.6) is 0 Å². The molecular formula is C14H22N2O2S. The number of anilines is 1. The summed E-state index contributed by atoms with van der Waals surface area (Å²) < 4.78 is 23.8. The van der Waals surface area contributed by atoms with E-state index in [1.54, 1.807) is 12.1 Å². The number of benzene rings is 1. The van der Waals surface area contributed by atoms with E-state index in [9.17, 15) is 8.42 Å². The largest absolute Gasteiger partial charge is 0.382 e. The van der Waals surface area contributed by atoms with Crippen molar-refractivity contribution < 1.29 is 8.42 Å². The van der Waals surface area contributed by atoms with Crippen LogP contribution < -0.4 is 10.6 Å². The van der Waals surface area contributed by atoms with E-state index in [4.69, 9.17) is 0 Å².